The molecule has 1 saturated heterocycles. The van der Waals surface area contributed by atoms with Crippen molar-refractivity contribution >= 4 is 28.1 Å². The molecule has 1 aromatic rings. The number of para-hydroxylation sites is 1. The highest BCUT2D eigenvalue weighted by Gasteiger charge is 2.40. The summed E-state index contributed by atoms with van der Waals surface area (Å²) in [4.78, 5) is 10.1. The molecule has 1 heterocycles. The summed E-state index contributed by atoms with van der Waals surface area (Å²) in [5.41, 5.74) is 5.24. The summed E-state index contributed by atoms with van der Waals surface area (Å²) in [6.45, 7) is 4.33. The van der Waals surface area contributed by atoms with Gasteiger partial charge in [0.25, 0.3) is 5.69 Å². The molecule has 0 amide bonds. The van der Waals surface area contributed by atoms with Crippen LogP contribution in [0.4, 0.5) is 5.69 Å². The Morgan fingerprint density at radius 2 is 1.95 bits per heavy atom. The number of sulfonamides is 1. The van der Waals surface area contributed by atoms with Crippen molar-refractivity contribution < 1.29 is 13.3 Å². The quantitative estimate of drug-likeness (QED) is 0.661. The number of nitrogens with zero attached hydrogens (tertiary/aromatic N) is 2. The third-order valence-corrected chi connectivity index (χ3v) is 5.85. The summed E-state index contributed by atoms with van der Waals surface area (Å²) in [5, 5.41) is 11.0. The van der Waals surface area contributed by atoms with E-state index in [2.05, 4.69) is 0 Å². The molecular weight excluding hydrogens is 330 g/mol. The van der Waals surface area contributed by atoms with Crippen molar-refractivity contribution in [2.45, 2.75) is 31.2 Å². The highest BCUT2D eigenvalue weighted by Crippen LogP contribution is 2.33. The third-order valence-electron chi connectivity index (χ3n) is 3.96. The minimum atomic E-state index is -3.90. The fourth-order valence-electron chi connectivity index (χ4n) is 2.50. The Bertz CT molecular complexity index is 663. The number of piperidine rings is 1. The molecule has 22 heavy (non-hydrogen) atoms. The molecule has 1 unspecified atom stereocenters. The van der Waals surface area contributed by atoms with E-state index in [-0.39, 0.29) is 41.8 Å². The summed E-state index contributed by atoms with van der Waals surface area (Å²) < 4.78 is 26.7. The maximum Gasteiger partial charge on any atom is 0.289 e. The first-order valence-electron chi connectivity index (χ1n) is 6.65. The van der Waals surface area contributed by atoms with Gasteiger partial charge in [0.2, 0.25) is 10.0 Å². The van der Waals surface area contributed by atoms with E-state index in [1.54, 1.807) is 0 Å². The zero-order chi connectivity index (χ0) is 15.8. The second kappa shape index (κ2) is 6.49. The predicted molar refractivity (Wildman–Crippen MR) is 85.5 cm³/mol. The fraction of sp³-hybridized carbons (Fsp3) is 0.538. The lowest BCUT2D eigenvalue weighted by atomic mass is 9.81. The van der Waals surface area contributed by atoms with Crippen LogP contribution in [0.15, 0.2) is 29.2 Å². The Hall–Kier alpha value is -1.22. The lowest BCUT2D eigenvalue weighted by molar-refractivity contribution is -0.387. The first-order chi connectivity index (χ1) is 9.66. The topological polar surface area (TPSA) is 107 Å². The van der Waals surface area contributed by atoms with Gasteiger partial charge in [0, 0.05) is 25.2 Å². The van der Waals surface area contributed by atoms with Crippen molar-refractivity contribution in [3.05, 3.63) is 34.4 Å². The second-order valence-corrected chi connectivity index (χ2v) is 7.85. The monoisotopic (exact) mass is 349 g/mol. The average molecular weight is 350 g/mol. The summed E-state index contributed by atoms with van der Waals surface area (Å²) >= 11 is 0. The lowest BCUT2D eigenvalue weighted by Crippen LogP contribution is -2.53. The molecule has 2 N–H and O–H groups in total. The predicted octanol–water partition coefficient (Wildman–Crippen LogP) is 1.76. The highest BCUT2D eigenvalue weighted by molar-refractivity contribution is 7.89. The molecule has 124 valence electrons. The Kier molecular flexibility index (Phi) is 5.56. The summed E-state index contributed by atoms with van der Waals surface area (Å²) in [7, 11) is -3.90. The lowest BCUT2D eigenvalue weighted by Gasteiger charge is -2.41. The van der Waals surface area contributed by atoms with Gasteiger partial charge in [0.05, 0.1) is 4.92 Å². The number of nitro benzene ring substituents is 1. The van der Waals surface area contributed by atoms with E-state index in [1.807, 2.05) is 13.8 Å². The third kappa shape index (κ3) is 3.40. The van der Waals surface area contributed by atoms with Gasteiger partial charge in [0.1, 0.15) is 0 Å². The number of rotatable bonds is 3. The molecule has 1 atom stereocenters. The Balaban J connectivity index is 0.00000242. The van der Waals surface area contributed by atoms with Crippen LogP contribution in [0.25, 0.3) is 0 Å². The largest absolute Gasteiger partial charge is 0.327 e. The second-order valence-electron chi connectivity index (χ2n) is 5.95. The van der Waals surface area contributed by atoms with E-state index < -0.39 is 20.6 Å². The van der Waals surface area contributed by atoms with Crippen molar-refractivity contribution in [1.29, 1.82) is 0 Å². The van der Waals surface area contributed by atoms with Gasteiger partial charge in [-0.2, -0.15) is 4.31 Å². The molecular formula is C13H20ClN3O4S. The number of halogens is 1. The van der Waals surface area contributed by atoms with Crippen LogP contribution in [0.3, 0.4) is 0 Å². The van der Waals surface area contributed by atoms with Gasteiger partial charge in [-0.1, -0.05) is 26.0 Å². The first kappa shape index (κ1) is 18.8. The summed E-state index contributed by atoms with van der Waals surface area (Å²) in [5.74, 6) is 0. The molecule has 0 aliphatic carbocycles. The van der Waals surface area contributed by atoms with E-state index >= 15 is 0 Å². The van der Waals surface area contributed by atoms with Crippen LogP contribution < -0.4 is 5.73 Å². The van der Waals surface area contributed by atoms with E-state index in [0.29, 0.717) is 6.42 Å². The van der Waals surface area contributed by atoms with Crippen molar-refractivity contribution in [1.82, 2.24) is 4.31 Å². The van der Waals surface area contributed by atoms with Gasteiger partial charge >= 0.3 is 0 Å². The smallest absolute Gasteiger partial charge is 0.289 e. The average Bonchev–Trinajstić information content (AvgIpc) is 2.41. The van der Waals surface area contributed by atoms with Gasteiger partial charge in [-0.25, -0.2) is 8.42 Å². The normalized spacial score (nSPS) is 21.9. The molecule has 1 aliphatic rings. The van der Waals surface area contributed by atoms with Gasteiger partial charge in [0.15, 0.2) is 4.90 Å². The molecule has 2 rings (SSSR count). The maximum absolute atomic E-state index is 12.7. The van der Waals surface area contributed by atoms with Crippen molar-refractivity contribution in [3.8, 4) is 0 Å². The van der Waals surface area contributed by atoms with E-state index in [0.717, 1.165) is 0 Å². The van der Waals surface area contributed by atoms with Crippen LogP contribution in [0.2, 0.25) is 0 Å². The SMILES string of the molecule is CC1(C)CN(S(=O)(=O)c2ccccc2[N+](=O)[O-])CCC1N.Cl. The molecule has 7 nitrogen and oxygen atoms in total. The van der Waals surface area contributed by atoms with Crippen LogP contribution in [0, 0.1) is 15.5 Å². The highest BCUT2D eigenvalue weighted by atomic mass is 35.5. The van der Waals surface area contributed by atoms with Gasteiger partial charge in [-0.05, 0) is 17.9 Å². The van der Waals surface area contributed by atoms with Gasteiger partial charge < -0.3 is 5.73 Å². The summed E-state index contributed by atoms with van der Waals surface area (Å²) in [6, 6.07) is 5.33. The van der Waals surface area contributed by atoms with Crippen molar-refractivity contribution in [2.24, 2.45) is 11.1 Å². The van der Waals surface area contributed by atoms with Crippen LogP contribution >= 0.6 is 12.4 Å². The van der Waals surface area contributed by atoms with Gasteiger partial charge in [-0.15, -0.1) is 12.4 Å². The number of hydrogen-bond donors (Lipinski definition) is 1. The van der Waals surface area contributed by atoms with E-state index in [9.17, 15) is 18.5 Å². The van der Waals surface area contributed by atoms with Crippen LogP contribution in [0.5, 0.6) is 0 Å². The van der Waals surface area contributed by atoms with E-state index in [1.165, 1.54) is 28.6 Å². The molecule has 9 heteroatoms. The van der Waals surface area contributed by atoms with Crippen LogP contribution in [-0.2, 0) is 10.0 Å². The molecule has 0 saturated carbocycles. The zero-order valence-electron chi connectivity index (χ0n) is 12.4. The Morgan fingerprint density at radius 3 is 2.50 bits per heavy atom. The molecule has 0 radical (unpaired) electrons. The van der Waals surface area contributed by atoms with Gasteiger partial charge in [-0.3, -0.25) is 10.1 Å². The molecule has 0 aromatic heterocycles. The standard InChI is InChI=1S/C13H19N3O4S.ClH/c1-13(2)9-15(8-7-12(13)14)21(19,20)11-6-4-3-5-10(11)16(17)18;/h3-6,12H,7-9,14H2,1-2H3;1H. The number of hydrogen-bond acceptors (Lipinski definition) is 5. The fourth-order valence-corrected chi connectivity index (χ4v) is 4.28. The number of benzene rings is 1. The molecule has 0 bridgehead atoms. The van der Waals surface area contributed by atoms with Crippen molar-refractivity contribution in [3.63, 3.8) is 0 Å². The first-order valence-corrected chi connectivity index (χ1v) is 8.09. The maximum atomic E-state index is 12.7. The molecule has 1 fully saturated rings. The van der Waals surface area contributed by atoms with Crippen LogP contribution in [-0.4, -0.2) is 36.8 Å². The zero-order valence-corrected chi connectivity index (χ0v) is 14.1. The Morgan fingerprint density at radius 1 is 1.36 bits per heavy atom. The molecule has 1 aliphatic heterocycles. The van der Waals surface area contributed by atoms with E-state index in [4.69, 9.17) is 5.73 Å². The number of nitrogens with two attached hydrogens (primary N) is 1. The minimum absolute atomic E-state index is 0. The molecule has 1 aromatic carbocycles. The number of nitro groups is 1. The Labute approximate surface area is 136 Å². The minimum Gasteiger partial charge on any atom is -0.327 e. The summed E-state index contributed by atoms with van der Waals surface area (Å²) in [6.07, 6.45) is 0.535. The van der Waals surface area contributed by atoms with Crippen molar-refractivity contribution in [2.75, 3.05) is 13.1 Å². The molecule has 0 spiro atoms. The van der Waals surface area contributed by atoms with Crippen LogP contribution in [0.1, 0.15) is 20.3 Å².